The van der Waals surface area contributed by atoms with Gasteiger partial charge in [0.1, 0.15) is 6.04 Å². The van der Waals surface area contributed by atoms with E-state index in [2.05, 4.69) is 4.90 Å². The van der Waals surface area contributed by atoms with Crippen LogP contribution >= 0.6 is 0 Å². The Kier molecular flexibility index (Phi) is 5.59. The van der Waals surface area contributed by atoms with Crippen LogP contribution in [0.1, 0.15) is 12.8 Å². The van der Waals surface area contributed by atoms with Crippen molar-refractivity contribution in [2.24, 2.45) is 5.92 Å². The molecule has 0 amide bonds. The summed E-state index contributed by atoms with van der Waals surface area (Å²) in [4.78, 5) is 13.9. The lowest BCUT2D eigenvalue weighted by Gasteiger charge is -2.38. The maximum absolute atomic E-state index is 11.8. The van der Waals surface area contributed by atoms with E-state index in [1.165, 1.54) is 17.7 Å². The first-order valence-electron chi connectivity index (χ1n) is 7.26. The average Bonchev–Trinajstić information content (AvgIpc) is 2.46. The van der Waals surface area contributed by atoms with E-state index < -0.39 is 10.0 Å². The molecule has 0 N–H and O–H groups in total. The van der Waals surface area contributed by atoms with Gasteiger partial charge < -0.3 is 9.47 Å². The zero-order valence-corrected chi connectivity index (χ0v) is 13.5. The summed E-state index contributed by atoms with van der Waals surface area (Å²) < 4.78 is 35.0. The number of methoxy groups -OCH3 is 1. The predicted octanol–water partition coefficient (Wildman–Crippen LogP) is -0.468. The molecule has 2 saturated heterocycles. The van der Waals surface area contributed by atoms with Crippen LogP contribution in [-0.4, -0.2) is 82.4 Å². The fourth-order valence-electron chi connectivity index (χ4n) is 3.02. The minimum atomic E-state index is -3.14. The van der Waals surface area contributed by atoms with Crippen LogP contribution in [0.5, 0.6) is 0 Å². The SMILES string of the molecule is COC(=O)C1COCCN1CC1CCCN(S(C)(=O)=O)C1. The average molecular weight is 320 g/mol. The van der Waals surface area contributed by atoms with Crippen molar-refractivity contribution in [1.29, 1.82) is 0 Å². The van der Waals surface area contributed by atoms with E-state index in [-0.39, 0.29) is 17.9 Å². The van der Waals surface area contributed by atoms with E-state index in [0.29, 0.717) is 39.4 Å². The Hall–Kier alpha value is -0.700. The van der Waals surface area contributed by atoms with Crippen molar-refractivity contribution in [3.63, 3.8) is 0 Å². The summed E-state index contributed by atoms with van der Waals surface area (Å²) in [5.41, 5.74) is 0. The Bertz CT molecular complexity index is 467. The van der Waals surface area contributed by atoms with Crippen molar-refractivity contribution >= 4 is 16.0 Å². The number of morpholine rings is 1. The first-order chi connectivity index (χ1) is 9.91. The van der Waals surface area contributed by atoms with Crippen molar-refractivity contribution in [1.82, 2.24) is 9.21 Å². The number of carbonyl (C=O) groups excluding carboxylic acids is 1. The van der Waals surface area contributed by atoms with Gasteiger partial charge in [-0.05, 0) is 18.8 Å². The molecule has 0 saturated carbocycles. The minimum Gasteiger partial charge on any atom is -0.468 e. The van der Waals surface area contributed by atoms with Gasteiger partial charge in [-0.3, -0.25) is 9.69 Å². The number of hydrogen-bond acceptors (Lipinski definition) is 6. The maximum Gasteiger partial charge on any atom is 0.325 e. The van der Waals surface area contributed by atoms with Gasteiger partial charge in [-0.2, -0.15) is 0 Å². The second kappa shape index (κ2) is 7.04. The number of sulfonamides is 1. The van der Waals surface area contributed by atoms with Crippen molar-refractivity contribution < 1.29 is 22.7 Å². The highest BCUT2D eigenvalue weighted by molar-refractivity contribution is 7.88. The van der Waals surface area contributed by atoms with Gasteiger partial charge in [-0.15, -0.1) is 0 Å². The summed E-state index contributed by atoms with van der Waals surface area (Å²) in [6.45, 7) is 3.44. The summed E-state index contributed by atoms with van der Waals surface area (Å²) in [6, 6.07) is -0.377. The number of hydrogen-bond donors (Lipinski definition) is 0. The molecule has 0 radical (unpaired) electrons. The van der Waals surface area contributed by atoms with E-state index in [1.807, 2.05) is 0 Å². The van der Waals surface area contributed by atoms with Gasteiger partial charge in [-0.25, -0.2) is 12.7 Å². The lowest BCUT2D eigenvalue weighted by Crippen LogP contribution is -2.53. The van der Waals surface area contributed by atoms with Crippen molar-refractivity contribution in [3.8, 4) is 0 Å². The van der Waals surface area contributed by atoms with Crippen molar-refractivity contribution in [3.05, 3.63) is 0 Å². The van der Waals surface area contributed by atoms with Crippen LogP contribution in [0.15, 0.2) is 0 Å². The third-order valence-corrected chi connectivity index (χ3v) is 5.43. The molecule has 0 aromatic heterocycles. The topological polar surface area (TPSA) is 76.2 Å². The molecular formula is C13H24N2O5S. The highest BCUT2D eigenvalue weighted by Crippen LogP contribution is 2.21. The fraction of sp³-hybridized carbons (Fsp3) is 0.923. The van der Waals surface area contributed by atoms with Gasteiger partial charge in [0.25, 0.3) is 0 Å². The molecule has 8 heteroatoms. The number of rotatable bonds is 4. The molecule has 21 heavy (non-hydrogen) atoms. The van der Waals surface area contributed by atoms with Crippen LogP contribution in [0.25, 0.3) is 0 Å². The molecule has 0 aromatic rings. The molecule has 7 nitrogen and oxygen atoms in total. The van der Waals surface area contributed by atoms with Gasteiger partial charge >= 0.3 is 5.97 Å². The van der Waals surface area contributed by atoms with E-state index >= 15 is 0 Å². The molecule has 2 aliphatic rings. The van der Waals surface area contributed by atoms with Crippen LogP contribution in [0.3, 0.4) is 0 Å². The van der Waals surface area contributed by atoms with Crippen molar-refractivity contribution in [2.45, 2.75) is 18.9 Å². The Morgan fingerprint density at radius 2 is 2.14 bits per heavy atom. The Labute approximate surface area is 126 Å². The van der Waals surface area contributed by atoms with Crippen LogP contribution < -0.4 is 0 Å². The van der Waals surface area contributed by atoms with Gasteiger partial charge in [0, 0.05) is 26.2 Å². The Morgan fingerprint density at radius 3 is 2.81 bits per heavy atom. The first kappa shape index (κ1) is 16.7. The molecule has 2 heterocycles. The number of ether oxygens (including phenoxy) is 2. The molecule has 2 rings (SSSR count). The third kappa shape index (κ3) is 4.38. The smallest absolute Gasteiger partial charge is 0.325 e. The summed E-state index contributed by atoms with van der Waals surface area (Å²) >= 11 is 0. The van der Waals surface area contributed by atoms with Gasteiger partial charge in [0.05, 0.1) is 26.6 Å². The zero-order valence-electron chi connectivity index (χ0n) is 12.7. The maximum atomic E-state index is 11.8. The molecule has 0 aliphatic carbocycles. The highest BCUT2D eigenvalue weighted by Gasteiger charge is 2.34. The summed E-state index contributed by atoms with van der Waals surface area (Å²) in [5, 5.41) is 0. The number of esters is 1. The molecule has 2 fully saturated rings. The van der Waals surface area contributed by atoms with Crippen LogP contribution in [0.4, 0.5) is 0 Å². The zero-order chi connectivity index (χ0) is 15.5. The van der Waals surface area contributed by atoms with E-state index in [1.54, 1.807) is 0 Å². The van der Waals surface area contributed by atoms with Crippen LogP contribution in [0, 0.1) is 5.92 Å². The fourth-order valence-corrected chi connectivity index (χ4v) is 3.96. The summed E-state index contributed by atoms with van der Waals surface area (Å²) in [6.07, 6.45) is 3.10. The Morgan fingerprint density at radius 1 is 1.38 bits per heavy atom. The molecule has 2 unspecified atom stereocenters. The molecule has 122 valence electrons. The molecular weight excluding hydrogens is 296 g/mol. The van der Waals surface area contributed by atoms with E-state index in [9.17, 15) is 13.2 Å². The normalized spacial score (nSPS) is 29.2. The summed E-state index contributed by atoms with van der Waals surface area (Å²) in [7, 11) is -1.76. The minimum absolute atomic E-state index is 0.249. The lowest BCUT2D eigenvalue weighted by atomic mass is 9.98. The highest BCUT2D eigenvalue weighted by atomic mass is 32.2. The standard InChI is InChI=1S/C13H24N2O5S/c1-19-13(16)12-10-20-7-6-14(12)8-11-4-3-5-15(9-11)21(2,17)18/h11-12H,3-10H2,1-2H3. The van der Waals surface area contributed by atoms with Crippen molar-refractivity contribution in [2.75, 3.05) is 52.8 Å². The van der Waals surface area contributed by atoms with Crippen LogP contribution in [0.2, 0.25) is 0 Å². The van der Waals surface area contributed by atoms with E-state index in [4.69, 9.17) is 9.47 Å². The molecule has 2 aliphatic heterocycles. The molecule has 0 spiro atoms. The van der Waals surface area contributed by atoms with Gasteiger partial charge in [-0.1, -0.05) is 0 Å². The molecule has 2 atom stereocenters. The lowest BCUT2D eigenvalue weighted by molar-refractivity contribution is -0.153. The monoisotopic (exact) mass is 320 g/mol. The van der Waals surface area contributed by atoms with Gasteiger partial charge in [0.15, 0.2) is 0 Å². The molecule has 0 aromatic carbocycles. The first-order valence-corrected chi connectivity index (χ1v) is 9.11. The number of piperidine rings is 1. The quantitative estimate of drug-likeness (QED) is 0.652. The second-order valence-electron chi connectivity index (χ2n) is 5.74. The second-order valence-corrected chi connectivity index (χ2v) is 7.72. The number of carbonyl (C=O) groups is 1. The molecule has 0 bridgehead atoms. The van der Waals surface area contributed by atoms with E-state index in [0.717, 1.165) is 12.8 Å². The largest absolute Gasteiger partial charge is 0.468 e. The summed E-state index contributed by atoms with van der Waals surface area (Å²) in [5.74, 6) is -0.0378. The van der Waals surface area contributed by atoms with Gasteiger partial charge in [0.2, 0.25) is 10.0 Å². The van der Waals surface area contributed by atoms with Crippen LogP contribution in [-0.2, 0) is 24.3 Å². The Balaban J connectivity index is 1.97. The third-order valence-electron chi connectivity index (χ3n) is 4.16. The number of nitrogens with zero attached hydrogens (tertiary/aromatic N) is 2. The predicted molar refractivity (Wildman–Crippen MR) is 77.3 cm³/mol.